The third kappa shape index (κ3) is 2.75. The number of rotatable bonds is 4. The first-order valence-corrected chi connectivity index (χ1v) is 8.20. The SMILES string of the molecule is CC(C)c1ccc([C@@H]2C[C@@H]2C(=O)Nc2nc3ncccn3n2)cc1. The van der Waals surface area contributed by atoms with Gasteiger partial charge >= 0.3 is 0 Å². The molecular formula is C18H19N5O. The molecule has 1 N–H and O–H groups in total. The second kappa shape index (κ2) is 5.70. The fourth-order valence-electron chi connectivity index (χ4n) is 2.97. The Kier molecular flexibility index (Phi) is 3.52. The molecule has 1 aliphatic carbocycles. The van der Waals surface area contributed by atoms with Crippen molar-refractivity contribution >= 4 is 17.6 Å². The van der Waals surface area contributed by atoms with E-state index in [0.29, 0.717) is 23.6 Å². The van der Waals surface area contributed by atoms with Crippen LogP contribution in [0.5, 0.6) is 0 Å². The zero-order chi connectivity index (χ0) is 16.7. The molecule has 6 heteroatoms. The largest absolute Gasteiger partial charge is 0.293 e. The summed E-state index contributed by atoms with van der Waals surface area (Å²) < 4.78 is 1.55. The Morgan fingerprint density at radius 3 is 2.79 bits per heavy atom. The van der Waals surface area contributed by atoms with Crippen molar-refractivity contribution in [1.82, 2.24) is 19.6 Å². The van der Waals surface area contributed by atoms with Crippen molar-refractivity contribution in [2.24, 2.45) is 5.92 Å². The second-order valence-electron chi connectivity index (χ2n) is 6.56. The Morgan fingerprint density at radius 2 is 2.08 bits per heavy atom. The van der Waals surface area contributed by atoms with E-state index in [2.05, 4.69) is 58.5 Å². The lowest BCUT2D eigenvalue weighted by Gasteiger charge is -2.06. The van der Waals surface area contributed by atoms with Gasteiger partial charge in [0.15, 0.2) is 0 Å². The van der Waals surface area contributed by atoms with Crippen LogP contribution in [0.4, 0.5) is 5.95 Å². The molecule has 0 bridgehead atoms. The molecule has 0 saturated heterocycles. The van der Waals surface area contributed by atoms with E-state index in [-0.39, 0.29) is 11.8 Å². The van der Waals surface area contributed by atoms with Gasteiger partial charge in [-0.3, -0.25) is 10.1 Å². The minimum atomic E-state index is -0.0242. The van der Waals surface area contributed by atoms with Crippen LogP contribution in [0.2, 0.25) is 0 Å². The van der Waals surface area contributed by atoms with Crippen molar-refractivity contribution in [2.45, 2.75) is 32.1 Å². The molecule has 0 aliphatic heterocycles. The summed E-state index contributed by atoms with van der Waals surface area (Å²) in [6.07, 6.45) is 4.27. The van der Waals surface area contributed by atoms with Gasteiger partial charge in [0, 0.05) is 18.3 Å². The van der Waals surface area contributed by atoms with Crippen molar-refractivity contribution in [1.29, 1.82) is 0 Å². The highest BCUT2D eigenvalue weighted by molar-refractivity contribution is 5.94. The van der Waals surface area contributed by atoms with Crippen LogP contribution in [0.1, 0.15) is 43.2 Å². The maximum Gasteiger partial charge on any atom is 0.253 e. The summed E-state index contributed by atoms with van der Waals surface area (Å²) in [6, 6.07) is 10.4. The monoisotopic (exact) mass is 321 g/mol. The summed E-state index contributed by atoms with van der Waals surface area (Å²) in [6.45, 7) is 4.36. The van der Waals surface area contributed by atoms with Crippen molar-refractivity contribution in [3.63, 3.8) is 0 Å². The number of carbonyl (C=O) groups excluding carboxylic acids is 1. The minimum absolute atomic E-state index is 0.00512. The molecular weight excluding hydrogens is 302 g/mol. The number of carbonyl (C=O) groups is 1. The number of hydrogen-bond donors (Lipinski definition) is 1. The van der Waals surface area contributed by atoms with Crippen LogP contribution in [-0.4, -0.2) is 25.5 Å². The van der Waals surface area contributed by atoms with E-state index < -0.39 is 0 Å². The Morgan fingerprint density at radius 1 is 1.29 bits per heavy atom. The molecule has 2 heterocycles. The summed E-state index contributed by atoms with van der Waals surface area (Å²) in [5, 5.41) is 7.00. The van der Waals surface area contributed by atoms with Crippen molar-refractivity contribution in [3.8, 4) is 0 Å². The lowest BCUT2D eigenvalue weighted by Crippen LogP contribution is -2.15. The van der Waals surface area contributed by atoms with Gasteiger partial charge in [-0.25, -0.2) is 9.50 Å². The van der Waals surface area contributed by atoms with E-state index in [1.54, 1.807) is 23.0 Å². The molecule has 1 aliphatic rings. The molecule has 0 spiro atoms. The average Bonchev–Trinajstić information content (AvgIpc) is 3.28. The zero-order valence-electron chi connectivity index (χ0n) is 13.7. The predicted octanol–water partition coefficient (Wildman–Crippen LogP) is 2.99. The standard InChI is InChI=1S/C18H19N5O/c1-11(2)12-4-6-13(7-5-12)14-10-15(14)16(24)20-17-21-18-19-8-3-9-23(18)22-17/h3-9,11,14-15H,10H2,1-2H3,(H,20,22,24)/t14-,15-/m0/s1. The number of anilines is 1. The van der Waals surface area contributed by atoms with Gasteiger partial charge in [0.1, 0.15) is 0 Å². The van der Waals surface area contributed by atoms with E-state index >= 15 is 0 Å². The maximum absolute atomic E-state index is 12.4. The van der Waals surface area contributed by atoms with Gasteiger partial charge in [-0.15, -0.1) is 5.10 Å². The summed E-state index contributed by atoms with van der Waals surface area (Å²) >= 11 is 0. The van der Waals surface area contributed by atoms with Crippen LogP contribution in [0.3, 0.4) is 0 Å². The van der Waals surface area contributed by atoms with E-state index in [0.717, 1.165) is 6.42 Å². The molecule has 122 valence electrons. The predicted molar refractivity (Wildman–Crippen MR) is 90.8 cm³/mol. The van der Waals surface area contributed by atoms with Crippen molar-refractivity contribution in [3.05, 3.63) is 53.9 Å². The second-order valence-corrected chi connectivity index (χ2v) is 6.56. The molecule has 1 aromatic carbocycles. The van der Waals surface area contributed by atoms with Gasteiger partial charge in [0.05, 0.1) is 0 Å². The Balaban J connectivity index is 1.43. The molecule has 1 saturated carbocycles. The average molecular weight is 321 g/mol. The normalized spacial score (nSPS) is 19.6. The molecule has 0 radical (unpaired) electrons. The molecule has 4 rings (SSSR count). The summed E-state index contributed by atoms with van der Waals surface area (Å²) in [4.78, 5) is 20.7. The molecule has 1 fully saturated rings. The summed E-state index contributed by atoms with van der Waals surface area (Å²) in [7, 11) is 0. The first kappa shape index (κ1) is 14.8. The number of amides is 1. The summed E-state index contributed by atoms with van der Waals surface area (Å²) in [5.74, 6) is 1.57. The van der Waals surface area contributed by atoms with E-state index in [1.165, 1.54) is 11.1 Å². The fourth-order valence-corrected chi connectivity index (χ4v) is 2.97. The van der Waals surface area contributed by atoms with Crippen molar-refractivity contribution in [2.75, 3.05) is 5.32 Å². The number of benzene rings is 1. The fraction of sp³-hybridized carbons (Fsp3) is 0.333. The van der Waals surface area contributed by atoms with Crippen LogP contribution in [0.15, 0.2) is 42.7 Å². The van der Waals surface area contributed by atoms with E-state index in [9.17, 15) is 4.79 Å². The lowest BCUT2D eigenvalue weighted by molar-refractivity contribution is -0.117. The van der Waals surface area contributed by atoms with Gasteiger partial charge in [0.25, 0.3) is 11.7 Å². The quantitative estimate of drug-likeness (QED) is 0.802. The number of hydrogen-bond acceptors (Lipinski definition) is 4. The number of fused-ring (bicyclic) bond motifs is 1. The Bertz CT molecular complexity index is 851. The van der Waals surface area contributed by atoms with Gasteiger partial charge in [-0.2, -0.15) is 4.98 Å². The first-order chi connectivity index (χ1) is 11.6. The molecule has 1 amide bonds. The maximum atomic E-state index is 12.4. The third-order valence-electron chi connectivity index (χ3n) is 4.51. The molecule has 2 aromatic heterocycles. The lowest BCUT2D eigenvalue weighted by atomic mass is 10.00. The topological polar surface area (TPSA) is 72.2 Å². The van der Waals surface area contributed by atoms with Gasteiger partial charge in [-0.1, -0.05) is 38.1 Å². The van der Waals surface area contributed by atoms with Gasteiger partial charge < -0.3 is 0 Å². The molecule has 6 nitrogen and oxygen atoms in total. The van der Waals surface area contributed by atoms with Crippen LogP contribution in [0.25, 0.3) is 5.78 Å². The molecule has 2 atom stereocenters. The molecule has 0 unspecified atom stereocenters. The van der Waals surface area contributed by atoms with Crippen LogP contribution in [0, 0.1) is 5.92 Å². The van der Waals surface area contributed by atoms with Gasteiger partial charge in [0.2, 0.25) is 5.91 Å². The molecule has 3 aromatic rings. The third-order valence-corrected chi connectivity index (χ3v) is 4.51. The first-order valence-electron chi connectivity index (χ1n) is 8.20. The smallest absolute Gasteiger partial charge is 0.253 e. The minimum Gasteiger partial charge on any atom is -0.293 e. The van der Waals surface area contributed by atoms with Crippen LogP contribution >= 0.6 is 0 Å². The van der Waals surface area contributed by atoms with Crippen LogP contribution in [-0.2, 0) is 4.79 Å². The Labute approximate surface area is 139 Å². The number of aromatic nitrogens is 4. The van der Waals surface area contributed by atoms with Gasteiger partial charge in [-0.05, 0) is 35.4 Å². The highest BCUT2D eigenvalue weighted by atomic mass is 16.2. The van der Waals surface area contributed by atoms with E-state index in [1.807, 2.05) is 0 Å². The summed E-state index contributed by atoms with van der Waals surface area (Å²) in [5.41, 5.74) is 2.55. The number of nitrogens with one attached hydrogen (secondary N) is 1. The number of nitrogens with zero attached hydrogens (tertiary/aromatic N) is 4. The Hall–Kier alpha value is -2.76. The highest BCUT2D eigenvalue weighted by Crippen LogP contribution is 2.48. The van der Waals surface area contributed by atoms with Crippen molar-refractivity contribution < 1.29 is 4.79 Å². The zero-order valence-corrected chi connectivity index (χ0v) is 13.7. The van der Waals surface area contributed by atoms with E-state index in [4.69, 9.17) is 0 Å². The highest BCUT2D eigenvalue weighted by Gasteiger charge is 2.44. The van der Waals surface area contributed by atoms with Crippen LogP contribution < -0.4 is 5.32 Å². The molecule has 24 heavy (non-hydrogen) atoms.